The van der Waals surface area contributed by atoms with Crippen LogP contribution in [0.15, 0.2) is 103 Å². The number of carbonyl (C=O) groups is 2. The molecule has 1 aliphatic heterocycles. The van der Waals surface area contributed by atoms with Crippen molar-refractivity contribution in [3.63, 3.8) is 0 Å². The molecule has 3 aromatic carbocycles. The van der Waals surface area contributed by atoms with Gasteiger partial charge in [-0.1, -0.05) is 63.2 Å². The van der Waals surface area contributed by atoms with Crippen LogP contribution in [-0.4, -0.2) is 33.8 Å². The third kappa shape index (κ3) is 5.70. The van der Waals surface area contributed by atoms with Crippen LogP contribution in [0.5, 0.6) is 17.2 Å². The molecule has 1 fully saturated rings. The molecular weight excluding hydrogens is 516 g/mol. The number of para-hydroxylation sites is 1. The maximum Gasteiger partial charge on any atom is 0.295 e. The van der Waals surface area contributed by atoms with Gasteiger partial charge >= 0.3 is 0 Å². The first-order chi connectivity index (χ1) is 19.7. The number of aromatic nitrogens is 1. The van der Waals surface area contributed by atoms with Crippen molar-refractivity contribution in [1.82, 2.24) is 9.88 Å². The number of benzene rings is 3. The normalized spacial score (nSPS) is 16.6. The molecule has 1 aromatic heterocycles. The molecule has 4 aromatic rings. The minimum Gasteiger partial charge on any atom is -0.507 e. The van der Waals surface area contributed by atoms with Crippen molar-refractivity contribution >= 4 is 17.4 Å². The Balaban J connectivity index is 1.67. The van der Waals surface area contributed by atoms with Crippen molar-refractivity contribution in [2.24, 2.45) is 0 Å². The SMILES string of the molecule is COc1ccc(C(C)(C)C)cc1/C(O)=C1\C(=O)C(=O)N(Cc2cccnc2)C1c1cccc(Oc2ccccc2)c1. The number of rotatable bonds is 7. The summed E-state index contributed by atoms with van der Waals surface area (Å²) >= 11 is 0. The maximum atomic E-state index is 13.7. The Bertz CT molecular complexity index is 1610. The zero-order valence-electron chi connectivity index (χ0n) is 23.5. The van der Waals surface area contributed by atoms with Gasteiger partial charge in [-0.2, -0.15) is 0 Å². The summed E-state index contributed by atoms with van der Waals surface area (Å²) in [6, 6.07) is 24.8. The number of pyridine rings is 1. The molecule has 5 rings (SSSR count). The molecule has 2 heterocycles. The Labute approximate surface area is 239 Å². The number of amides is 1. The van der Waals surface area contributed by atoms with E-state index < -0.39 is 17.7 Å². The summed E-state index contributed by atoms with van der Waals surface area (Å²) in [6.45, 7) is 6.31. The van der Waals surface area contributed by atoms with Crippen LogP contribution < -0.4 is 9.47 Å². The number of likely N-dealkylation sites (tertiary alicyclic amines) is 1. The highest BCUT2D eigenvalue weighted by molar-refractivity contribution is 6.46. The van der Waals surface area contributed by atoms with Gasteiger partial charge in [0.1, 0.15) is 23.0 Å². The molecule has 1 aliphatic rings. The molecule has 1 amide bonds. The Morgan fingerprint density at radius 1 is 0.927 bits per heavy atom. The predicted octanol–water partition coefficient (Wildman–Crippen LogP) is 6.80. The van der Waals surface area contributed by atoms with E-state index in [9.17, 15) is 14.7 Å². The first kappa shape index (κ1) is 27.6. The Morgan fingerprint density at radius 2 is 1.68 bits per heavy atom. The van der Waals surface area contributed by atoms with E-state index in [1.165, 1.54) is 12.0 Å². The van der Waals surface area contributed by atoms with Crippen molar-refractivity contribution in [1.29, 1.82) is 0 Å². The first-order valence-electron chi connectivity index (χ1n) is 13.4. The van der Waals surface area contributed by atoms with Crippen LogP contribution in [0.3, 0.4) is 0 Å². The van der Waals surface area contributed by atoms with Crippen LogP contribution >= 0.6 is 0 Å². The van der Waals surface area contributed by atoms with E-state index in [2.05, 4.69) is 25.8 Å². The zero-order valence-corrected chi connectivity index (χ0v) is 23.5. The minimum atomic E-state index is -0.877. The number of aliphatic hydroxyl groups is 1. The van der Waals surface area contributed by atoms with Crippen LogP contribution in [0.4, 0.5) is 0 Å². The van der Waals surface area contributed by atoms with Gasteiger partial charge in [0.15, 0.2) is 0 Å². The molecular formula is C34H32N2O5. The predicted molar refractivity (Wildman–Crippen MR) is 157 cm³/mol. The number of ether oxygens (including phenoxy) is 2. The molecule has 41 heavy (non-hydrogen) atoms. The van der Waals surface area contributed by atoms with Gasteiger partial charge in [0.2, 0.25) is 0 Å². The smallest absolute Gasteiger partial charge is 0.295 e. The lowest BCUT2D eigenvalue weighted by Gasteiger charge is -2.26. The number of nitrogens with zero attached hydrogens (tertiary/aromatic N) is 2. The van der Waals surface area contributed by atoms with Gasteiger partial charge in [0.05, 0.1) is 24.3 Å². The minimum absolute atomic E-state index is 0.0138. The average molecular weight is 549 g/mol. The summed E-state index contributed by atoms with van der Waals surface area (Å²) in [6.07, 6.45) is 3.30. The zero-order chi connectivity index (χ0) is 29.1. The first-order valence-corrected chi connectivity index (χ1v) is 13.4. The molecule has 1 saturated heterocycles. The molecule has 7 nitrogen and oxygen atoms in total. The highest BCUT2D eigenvalue weighted by Crippen LogP contribution is 2.43. The van der Waals surface area contributed by atoms with Crippen LogP contribution in [0.2, 0.25) is 0 Å². The highest BCUT2D eigenvalue weighted by Gasteiger charge is 2.46. The molecule has 0 spiro atoms. The maximum absolute atomic E-state index is 13.7. The second-order valence-corrected chi connectivity index (χ2v) is 10.9. The molecule has 7 heteroatoms. The largest absolute Gasteiger partial charge is 0.507 e. The number of carbonyl (C=O) groups excluding carboxylic acids is 2. The van der Waals surface area contributed by atoms with Crippen molar-refractivity contribution in [3.05, 3.63) is 125 Å². The molecule has 0 saturated carbocycles. The third-order valence-corrected chi connectivity index (χ3v) is 7.09. The van der Waals surface area contributed by atoms with E-state index in [0.717, 1.165) is 11.1 Å². The molecule has 0 aliphatic carbocycles. The molecule has 1 unspecified atom stereocenters. The molecule has 1 atom stereocenters. The Hall–Kier alpha value is -4.91. The van der Waals surface area contributed by atoms with E-state index >= 15 is 0 Å². The number of Topliss-reactive ketones (excluding diaryl/α,β-unsaturated/α-hetero) is 1. The summed E-state index contributed by atoms with van der Waals surface area (Å²) in [7, 11) is 1.51. The van der Waals surface area contributed by atoms with E-state index in [0.29, 0.717) is 28.4 Å². The lowest BCUT2D eigenvalue weighted by atomic mass is 9.85. The van der Waals surface area contributed by atoms with Gasteiger partial charge in [-0.15, -0.1) is 0 Å². The summed E-state index contributed by atoms with van der Waals surface area (Å²) < 4.78 is 11.6. The molecule has 0 radical (unpaired) electrons. The van der Waals surface area contributed by atoms with Crippen LogP contribution in [0, 0.1) is 0 Å². The topological polar surface area (TPSA) is 89.0 Å². The van der Waals surface area contributed by atoms with E-state index in [1.807, 2.05) is 54.6 Å². The van der Waals surface area contributed by atoms with E-state index in [4.69, 9.17) is 9.47 Å². The van der Waals surface area contributed by atoms with Gasteiger partial charge in [0, 0.05) is 18.9 Å². The second kappa shape index (κ2) is 11.3. The van der Waals surface area contributed by atoms with Crippen molar-refractivity contribution in [3.8, 4) is 17.2 Å². The van der Waals surface area contributed by atoms with Crippen LogP contribution in [-0.2, 0) is 21.5 Å². The van der Waals surface area contributed by atoms with Crippen molar-refractivity contribution in [2.75, 3.05) is 7.11 Å². The third-order valence-electron chi connectivity index (χ3n) is 7.09. The summed E-state index contributed by atoms with van der Waals surface area (Å²) in [5, 5.41) is 11.8. The van der Waals surface area contributed by atoms with Gasteiger partial charge in [-0.25, -0.2) is 0 Å². The van der Waals surface area contributed by atoms with Crippen LogP contribution in [0.1, 0.15) is 49.1 Å². The monoisotopic (exact) mass is 548 g/mol. The van der Waals surface area contributed by atoms with Gasteiger partial charge in [-0.05, 0) is 64.6 Å². The van der Waals surface area contributed by atoms with Gasteiger partial charge in [-0.3, -0.25) is 14.6 Å². The molecule has 1 N–H and O–H groups in total. The van der Waals surface area contributed by atoms with Gasteiger partial charge < -0.3 is 19.5 Å². The highest BCUT2D eigenvalue weighted by atomic mass is 16.5. The number of ketones is 1. The fourth-order valence-corrected chi connectivity index (χ4v) is 4.96. The lowest BCUT2D eigenvalue weighted by Crippen LogP contribution is -2.29. The number of methoxy groups -OCH3 is 1. The second-order valence-electron chi connectivity index (χ2n) is 10.9. The number of aliphatic hydroxyl groups excluding tert-OH is 1. The van der Waals surface area contributed by atoms with Crippen molar-refractivity contribution in [2.45, 2.75) is 38.8 Å². The molecule has 0 bridgehead atoms. The Kier molecular flexibility index (Phi) is 7.62. The number of hydrogen-bond donors (Lipinski definition) is 1. The quantitative estimate of drug-likeness (QED) is 0.155. The summed E-state index contributed by atoms with van der Waals surface area (Å²) in [4.78, 5) is 32.8. The lowest BCUT2D eigenvalue weighted by molar-refractivity contribution is -0.140. The standard InChI is InChI=1S/C34H32N2O5/c1-34(2,3)24-15-16-28(40-4)27(19-24)31(37)29-30(36(33(39)32(29)38)21-22-10-9-17-35-20-22)23-11-8-14-26(18-23)41-25-12-6-5-7-13-25/h5-20,30,37H,21H2,1-4H3/b31-29+. The fourth-order valence-electron chi connectivity index (χ4n) is 4.96. The number of hydrogen-bond acceptors (Lipinski definition) is 6. The summed E-state index contributed by atoms with van der Waals surface area (Å²) in [5.41, 5.74) is 2.42. The Morgan fingerprint density at radius 3 is 2.37 bits per heavy atom. The fraction of sp³-hybridized carbons (Fsp3) is 0.206. The van der Waals surface area contributed by atoms with Gasteiger partial charge in [0.25, 0.3) is 11.7 Å². The summed E-state index contributed by atoms with van der Waals surface area (Å²) in [5.74, 6) is -0.186. The van der Waals surface area contributed by atoms with Crippen LogP contribution in [0.25, 0.3) is 5.76 Å². The van der Waals surface area contributed by atoms with E-state index in [-0.39, 0.29) is 23.3 Å². The average Bonchev–Trinajstić information content (AvgIpc) is 3.22. The van der Waals surface area contributed by atoms with Crippen molar-refractivity contribution < 1.29 is 24.2 Å². The van der Waals surface area contributed by atoms with E-state index in [1.54, 1.807) is 42.7 Å². The molecule has 208 valence electrons.